The molecule has 0 radical (unpaired) electrons. The summed E-state index contributed by atoms with van der Waals surface area (Å²) in [6, 6.07) is 7.91. The number of nitrogens with zero attached hydrogens (tertiary/aromatic N) is 3. The normalized spacial score (nSPS) is 21.6. The lowest BCUT2D eigenvalue weighted by Crippen LogP contribution is -2.46. The van der Waals surface area contributed by atoms with Gasteiger partial charge in [0.2, 0.25) is 0 Å². The molecule has 2 fully saturated rings. The Morgan fingerprint density at radius 2 is 2.00 bits per heavy atom. The Labute approximate surface area is 169 Å². The van der Waals surface area contributed by atoms with Crippen LogP contribution >= 0.6 is 0 Å². The van der Waals surface area contributed by atoms with Gasteiger partial charge in [0, 0.05) is 45.8 Å². The van der Waals surface area contributed by atoms with Gasteiger partial charge in [-0.1, -0.05) is 24.3 Å². The molecule has 1 unspecified atom stereocenters. The van der Waals surface area contributed by atoms with E-state index in [0.717, 1.165) is 62.9 Å². The molecule has 3 rings (SSSR count). The van der Waals surface area contributed by atoms with Crippen LogP contribution < -0.4 is 5.32 Å². The minimum absolute atomic E-state index is 0.0601. The van der Waals surface area contributed by atoms with Gasteiger partial charge in [-0.3, -0.25) is 9.89 Å². The number of likely N-dealkylation sites (tertiary alicyclic amines) is 1. The Morgan fingerprint density at radius 1 is 1.24 bits per heavy atom. The molecule has 0 spiro atoms. The maximum absolute atomic E-state index is 12.2. The summed E-state index contributed by atoms with van der Waals surface area (Å²) >= 11 is 0. The molecule has 9 heteroatoms. The summed E-state index contributed by atoms with van der Waals surface area (Å²) in [6.07, 6.45) is -3.20. The van der Waals surface area contributed by atoms with Crippen molar-refractivity contribution in [3.63, 3.8) is 0 Å². The third kappa shape index (κ3) is 6.87. The summed E-state index contributed by atoms with van der Waals surface area (Å²) in [5, 5.41) is 3.37. The highest BCUT2D eigenvalue weighted by atomic mass is 19.4. The molecule has 29 heavy (non-hydrogen) atoms. The minimum Gasteiger partial charge on any atom is -0.379 e. The number of alkyl halides is 3. The van der Waals surface area contributed by atoms with E-state index in [4.69, 9.17) is 9.47 Å². The van der Waals surface area contributed by atoms with Crippen LogP contribution in [-0.2, 0) is 22.6 Å². The summed E-state index contributed by atoms with van der Waals surface area (Å²) in [5.41, 5.74) is 1.69. The first-order valence-electron chi connectivity index (χ1n) is 9.94. The first-order valence-corrected chi connectivity index (χ1v) is 9.94. The number of hydrogen-bond acceptors (Lipinski definition) is 4. The standard InChI is InChI=1S/C20H29F3N4O2/c1-24-19(27-6-5-18(13-27)26-7-9-28-10-8-26)25-12-16-3-2-4-17(11-16)14-29-15-20(21,22)23/h2-4,11,18H,5-10,12-15H2,1H3,(H,24,25). The molecule has 0 bridgehead atoms. The second-order valence-electron chi connectivity index (χ2n) is 7.37. The number of morpholine rings is 1. The monoisotopic (exact) mass is 414 g/mol. The molecule has 162 valence electrons. The Hall–Kier alpha value is -1.84. The Morgan fingerprint density at radius 3 is 2.72 bits per heavy atom. The van der Waals surface area contributed by atoms with Crippen molar-refractivity contribution in [2.24, 2.45) is 4.99 Å². The van der Waals surface area contributed by atoms with Gasteiger partial charge >= 0.3 is 6.18 Å². The van der Waals surface area contributed by atoms with E-state index in [2.05, 4.69) is 20.1 Å². The smallest absolute Gasteiger partial charge is 0.379 e. The van der Waals surface area contributed by atoms with Crippen LogP contribution in [0.4, 0.5) is 13.2 Å². The van der Waals surface area contributed by atoms with Crippen LogP contribution in [0.3, 0.4) is 0 Å². The van der Waals surface area contributed by atoms with Crippen molar-refractivity contribution in [3.05, 3.63) is 35.4 Å². The number of nitrogens with one attached hydrogen (secondary N) is 1. The second kappa shape index (κ2) is 10.3. The first-order chi connectivity index (χ1) is 13.9. The maximum Gasteiger partial charge on any atom is 0.411 e. The van der Waals surface area contributed by atoms with Crippen LogP contribution in [0.25, 0.3) is 0 Å². The van der Waals surface area contributed by atoms with E-state index in [-0.39, 0.29) is 6.61 Å². The number of rotatable bonds is 6. The average molecular weight is 414 g/mol. The number of hydrogen-bond donors (Lipinski definition) is 1. The Kier molecular flexibility index (Phi) is 7.74. The summed E-state index contributed by atoms with van der Waals surface area (Å²) in [7, 11) is 1.77. The molecule has 0 aromatic heterocycles. The lowest BCUT2D eigenvalue weighted by Gasteiger charge is -2.32. The molecule has 0 amide bonds. The van der Waals surface area contributed by atoms with Crippen molar-refractivity contribution >= 4 is 5.96 Å². The van der Waals surface area contributed by atoms with E-state index < -0.39 is 12.8 Å². The molecule has 2 heterocycles. The van der Waals surface area contributed by atoms with Gasteiger partial charge in [0.15, 0.2) is 5.96 Å². The van der Waals surface area contributed by atoms with E-state index in [0.29, 0.717) is 12.6 Å². The quantitative estimate of drug-likeness (QED) is 0.572. The molecule has 6 nitrogen and oxygen atoms in total. The highest BCUT2D eigenvalue weighted by Crippen LogP contribution is 2.18. The zero-order valence-corrected chi connectivity index (χ0v) is 16.7. The average Bonchev–Trinajstić information content (AvgIpc) is 3.19. The van der Waals surface area contributed by atoms with Crippen molar-refractivity contribution in [2.75, 3.05) is 53.0 Å². The van der Waals surface area contributed by atoms with E-state index >= 15 is 0 Å². The van der Waals surface area contributed by atoms with E-state index in [1.165, 1.54) is 0 Å². The lowest BCUT2D eigenvalue weighted by atomic mass is 10.1. The molecular formula is C20H29F3N4O2. The fourth-order valence-corrected chi connectivity index (χ4v) is 3.80. The Bertz CT molecular complexity index is 678. The van der Waals surface area contributed by atoms with Crippen LogP contribution in [0.1, 0.15) is 17.5 Å². The summed E-state index contributed by atoms with van der Waals surface area (Å²) in [5.74, 6) is 0.847. The number of benzene rings is 1. The van der Waals surface area contributed by atoms with Gasteiger partial charge in [-0.15, -0.1) is 0 Å². The molecular weight excluding hydrogens is 385 g/mol. The van der Waals surface area contributed by atoms with Gasteiger partial charge < -0.3 is 19.7 Å². The molecule has 0 saturated carbocycles. The van der Waals surface area contributed by atoms with Gasteiger partial charge in [0.1, 0.15) is 6.61 Å². The van der Waals surface area contributed by atoms with Crippen LogP contribution in [0.5, 0.6) is 0 Å². The predicted octanol–water partition coefficient (Wildman–Crippen LogP) is 2.25. The van der Waals surface area contributed by atoms with E-state index in [1.54, 1.807) is 13.1 Å². The number of halogens is 3. The van der Waals surface area contributed by atoms with E-state index in [9.17, 15) is 13.2 Å². The summed E-state index contributed by atoms with van der Waals surface area (Å²) in [4.78, 5) is 9.15. The first kappa shape index (κ1) is 21.9. The summed E-state index contributed by atoms with van der Waals surface area (Å²) in [6.45, 7) is 4.70. The number of ether oxygens (including phenoxy) is 2. The van der Waals surface area contributed by atoms with Gasteiger partial charge in [-0.2, -0.15) is 13.2 Å². The third-order valence-corrected chi connectivity index (χ3v) is 5.21. The fourth-order valence-electron chi connectivity index (χ4n) is 3.80. The molecule has 1 atom stereocenters. The van der Waals surface area contributed by atoms with Crippen LogP contribution in [0.15, 0.2) is 29.3 Å². The third-order valence-electron chi connectivity index (χ3n) is 5.21. The molecule has 1 aromatic rings. The van der Waals surface area contributed by atoms with Crippen LogP contribution in [0, 0.1) is 0 Å². The molecule has 1 aromatic carbocycles. The van der Waals surface area contributed by atoms with Crippen LogP contribution in [-0.4, -0.2) is 81.0 Å². The van der Waals surface area contributed by atoms with Crippen molar-refractivity contribution in [1.82, 2.24) is 15.1 Å². The molecule has 2 saturated heterocycles. The molecule has 2 aliphatic heterocycles. The maximum atomic E-state index is 12.2. The van der Waals surface area contributed by atoms with Crippen molar-refractivity contribution < 1.29 is 22.6 Å². The van der Waals surface area contributed by atoms with Gasteiger partial charge in [-0.25, -0.2) is 0 Å². The largest absolute Gasteiger partial charge is 0.411 e. The van der Waals surface area contributed by atoms with Crippen LogP contribution in [0.2, 0.25) is 0 Å². The highest BCUT2D eigenvalue weighted by Gasteiger charge is 2.30. The van der Waals surface area contributed by atoms with Gasteiger partial charge in [0.05, 0.1) is 19.8 Å². The second-order valence-corrected chi connectivity index (χ2v) is 7.37. The van der Waals surface area contributed by atoms with Gasteiger partial charge in [0.25, 0.3) is 0 Å². The minimum atomic E-state index is -4.31. The lowest BCUT2D eigenvalue weighted by molar-refractivity contribution is -0.176. The predicted molar refractivity (Wildman–Crippen MR) is 105 cm³/mol. The molecule has 1 N–H and O–H groups in total. The SMILES string of the molecule is CN=C(NCc1cccc(COCC(F)(F)F)c1)N1CCC(N2CCOCC2)C1. The fraction of sp³-hybridized carbons (Fsp3) is 0.650. The number of aliphatic imine (C=N–C) groups is 1. The highest BCUT2D eigenvalue weighted by molar-refractivity contribution is 5.80. The summed E-state index contributed by atoms with van der Waals surface area (Å²) < 4.78 is 46.8. The van der Waals surface area contributed by atoms with Crippen molar-refractivity contribution in [1.29, 1.82) is 0 Å². The Balaban J connectivity index is 1.47. The zero-order chi connectivity index (χ0) is 20.7. The molecule has 0 aliphatic carbocycles. The zero-order valence-electron chi connectivity index (χ0n) is 16.7. The van der Waals surface area contributed by atoms with Crippen molar-refractivity contribution in [3.8, 4) is 0 Å². The topological polar surface area (TPSA) is 49.3 Å². The number of guanidine groups is 1. The molecule has 2 aliphatic rings. The van der Waals surface area contributed by atoms with Gasteiger partial charge in [-0.05, 0) is 17.5 Å². The van der Waals surface area contributed by atoms with Crippen molar-refractivity contribution in [2.45, 2.75) is 31.8 Å². The van der Waals surface area contributed by atoms with E-state index in [1.807, 2.05) is 18.2 Å².